The average molecular weight is 417 g/mol. The van der Waals surface area contributed by atoms with Gasteiger partial charge in [0.25, 0.3) is 0 Å². The second kappa shape index (κ2) is 9.82. The number of nitrogens with one attached hydrogen (secondary N) is 1. The van der Waals surface area contributed by atoms with Gasteiger partial charge >= 0.3 is 0 Å². The van der Waals surface area contributed by atoms with E-state index in [4.69, 9.17) is 4.74 Å². The van der Waals surface area contributed by atoms with Gasteiger partial charge in [-0.1, -0.05) is 49.8 Å². The van der Waals surface area contributed by atoms with E-state index in [1.807, 2.05) is 36.1 Å². The Bertz CT molecular complexity index is 854. The van der Waals surface area contributed by atoms with Crippen LogP contribution in [0, 0.1) is 5.92 Å². The molecule has 1 fully saturated rings. The number of unbranched alkanes of at least 4 members (excludes halogenated alkanes) is 1. The fourth-order valence-electron chi connectivity index (χ4n) is 3.76. The first kappa shape index (κ1) is 21.2. The number of aryl methyl sites for hydroxylation is 1. The SMILES string of the molecule is CCCCN1C(=O)CCC(C(=O)Nc2nnc(CC)s2)C1c1ccccc1OC. The van der Waals surface area contributed by atoms with Crippen molar-refractivity contribution in [3.63, 3.8) is 0 Å². The molecule has 1 aromatic heterocycles. The molecule has 1 aliphatic heterocycles. The molecule has 1 N–H and O–H groups in total. The minimum Gasteiger partial charge on any atom is -0.496 e. The molecule has 1 aliphatic rings. The molecule has 7 nitrogen and oxygen atoms in total. The van der Waals surface area contributed by atoms with Gasteiger partial charge in [-0.3, -0.25) is 9.59 Å². The Morgan fingerprint density at radius 2 is 2.10 bits per heavy atom. The van der Waals surface area contributed by atoms with Crippen LogP contribution >= 0.6 is 11.3 Å². The van der Waals surface area contributed by atoms with E-state index < -0.39 is 0 Å². The van der Waals surface area contributed by atoms with Crippen LogP contribution in [0.15, 0.2) is 24.3 Å². The van der Waals surface area contributed by atoms with Crippen molar-refractivity contribution >= 4 is 28.3 Å². The fraction of sp³-hybridized carbons (Fsp3) is 0.524. The number of carbonyl (C=O) groups excluding carboxylic acids is 2. The summed E-state index contributed by atoms with van der Waals surface area (Å²) in [5, 5.41) is 12.4. The monoisotopic (exact) mass is 416 g/mol. The molecular weight excluding hydrogens is 388 g/mol. The summed E-state index contributed by atoms with van der Waals surface area (Å²) in [6, 6.07) is 7.27. The molecule has 2 atom stereocenters. The van der Waals surface area contributed by atoms with Crippen molar-refractivity contribution in [3.8, 4) is 5.75 Å². The molecule has 0 aliphatic carbocycles. The number of hydrogen-bond acceptors (Lipinski definition) is 6. The average Bonchev–Trinajstić information content (AvgIpc) is 3.20. The van der Waals surface area contributed by atoms with E-state index in [1.54, 1.807) is 7.11 Å². The lowest BCUT2D eigenvalue weighted by Gasteiger charge is -2.41. The first-order valence-electron chi connectivity index (χ1n) is 10.1. The van der Waals surface area contributed by atoms with Gasteiger partial charge in [0.1, 0.15) is 10.8 Å². The van der Waals surface area contributed by atoms with E-state index in [0.717, 1.165) is 29.8 Å². The molecule has 1 saturated heterocycles. The van der Waals surface area contributed by atoms with Crippen molar-refractivity contribution in [1.82, 2.24) is 15.1 Å². The number of ether oxygens (including phenoxy) is 1. The Balaban J connectivity index is 1.93. The van der Waals surface area contributed by atoms with Crippen LogP contribution in [0.3, 0.4) is 0 Å². The van der Waals surface area contributed by atoms with Gasteiger partial charge in [0, 0.05) is 18.5 Å². The molecule has 156 valence electrons. The Labute approximate surface area is 175 Å². The number of benzene rings is 1. The van der Waals surface area contributed by atoms with Crippen molar-refractivity contribution in [2.75, 3.05) is 19.0 Å². The number of carbonyl (C=O) groups is 2. The van der Waals surface area contributed by atoms with Crippen molar-refractivity contribution in [2.24, 2.45) is 5.92 Å². The molecule has 2 unspecified atom stereocenters. The van der Waals surface area contributed by atoms with E-state index >= 15 is 0 Å². The maximum Gasteiger partial charge on any atom is 0.231 e. The van der Waals surface area contributed by atoms with E-state index in [9.17, 15) is 9.59 Å². The summed E-state index contributed by atoms with van der Waals surface area (Å²) in [5.41, 5.74) is 0.866. The predicted molar refractivity (Wildman–Crippen MR) is 113 cm³/mol. The molecule has 1 aromatic carbocycles. The minimum atomic E-state index is -0.380. The van der Waals surface area contributed by atoms with Gasteiger partial charge in [0.05, 0.1) is 19.1 Å². The summed E-state index contributed by atoms with van der Waals surface area (Å²) in [7, 11) is 1.61. The zero-order valence-electron chi connectivity index (χ0n) is 17.2. The van der Waals surface area contributed by atoms with Crippen LogP contribution in [-0.2, 0) is 16.0 Å². The molecule has 2 heterocycles. The Morgan fingerprint density at radius 3 is 2.79 bits per heavy atom. The number of para-hydroxylation sites is 1. The standard InChI is InChI=1S/C21H28N4O3S/c1-4-6-13-25-18(26)12-11-15(19(25)14-9-7-8-10-16(14)28-3)20(27)22-21-24-23-17(5-2)29-21/h7-10,15,19H,4-6,11-13H2,1-3H3,(H,22,24,27). The fourth-order valence-corrected chi connectivity index (χ4v) is 4.44. The third kappa shape index (κ3) is 4.75. The number of anilines is 1. The first-order valence-corrected chi connectivity index (χ1v) is 11.0. The lowest BCUT2D eigenvalue weighted by Crippen LogP contribution is -2.47. The molecule has 0 spiro atoms. The summed E-state index contributed by atoms with van der Waals surface area (Å²) in [5.74, 6) is 0.266. The van der Waals surface area contributed by atoms with E-state index in [0.29, 0.717) is 30.3 Å². The molecule has 0 radical (unpaired) electrons. The van der Waals surface area contributed by atoms with E-state index in [2.05, 4.69) is 22.4 Å². The number of methoxy groups -OCH3 is 1. The van der Waals surface area contributed by atoms with Crippen molar-refractivity contribution < 1.29 is 14.3 Å². The second-order valence-corrected chi connectivity index (χ2v) is 8.18. The van der Waals surface area contributed by atoms with E-state index in [-0.39, 0.29) is 23.8 Å². The normalized spacial score (nSPS) is 19.3. The topological polar surface area (TPSA) is 84.4 Å². The molecule has 2 amide bonds. The maximum atomic E-state index is 13.2. The van der Waals surface area contributed by atoms with Crippen LogP contribution in [0.2, 0.25) is 0 Å². The number of piperidine rings is 1. The lowest BCUT2D eigenvalue weighted by molar-refractivity contribution is -0.142. The largest absolute Gasteiger partial charge is 0.496 e. The van der Waals surface area contributed by atoms with Crippen LogP contribution in [0.25, 0.3) is 0 Å². The summed E-state index contributed by atoms with van der Waals surface area (Å²) >= 11 is 1.39. The predicted octanol–water partition coefficient (Wildman–Crippen LogP) is 3.83. The minimum absolute atomic E-state index is 0.0857. The molecule has 0 saturated carbocycles. The third-order valence-electron chi connectivity index (χ3n) is 5.25. The van der Waals surface area contributed by atoms with E-state index in [1.165, 1.54) is 11.3 Å². The number of likely N-dealkylation sites (tertiary alicyclic amines) is 1. The van der Waals surface area contributed by atoms with Crippen molar-refractivity contribution in [2.45, 2.75) is 52.0 Å². The number of hydrogen-bond donors (Lipinski definition) is 1. The lowest BCUT2D eigenvalue weighted by atomic mass is 9.83. The van der Waals surface area contributed by atoms with Crippen molar-refractivity contribution in [1.29, 1.82) is 0 Å². The number of nitrogens with zero attached hydrogens (tertiary/aromatic N) is 3. The molecule has 8 heteroatoms. The number of amides is 2. The van der Waals surface area contributed by atoms with Gasteiger partial charge in [-0.05, 0) is 25.3 Å². The molecule has 3 rings (SSSR count). The van der Waals surface area contributed by atoms with Crippen LogP contribution in [0.4, 0.5) is 5.13 Å². The van der Waals surface area contributed by atoms with Crippen LogP contribution < -0.4 is 10.1 Å². The summed E-state index contributed by atoms with van der Waals surface area (Å²) in [4.78, 5) is 27.9. The smallest absolute Gasteiger partial charge is 0.231 e. The highest BCUT2D eigenvalue weighted by Gasteiger charge is 2.41. The third-order valence-corrected chi connectivity index (χ3v) is 6.24. The maximum absolute atomic E-state index is 13.2. The molecule has 0 bridgehead atoms. The Morgan fingerprint density at radius 1 is 1.31 bits per heavy atom. The van der Waals surface area contributed by atoms with Gasteiger partial charge in [-0.2, -0.15) is 0 Å². The van der Waals surface area contributed by atoms with Gasteiger partial charge < -0.3 is 15.0 Å². The van der Waals surface area contributed by atoms with Gasteiger partial charge in [-0.15, -0.1) is 10.2 Å². The summed E-state index contributed by atoms with van der Waals surface area (Å²) in [6.45, 7) is 4.72. The second-order valence-electron chi connectivity index (χ2n) is 7.12. The molecule has 2 aromatic rings. The highest BCUT2D eigenvalue weighted by Crippen LogP contribution is 2.41. The number of rotatable bonds is 8. The Kier molecular flexibility index (Phi) is 7.19. The number of aromatic nitrogens is 2. The molecule has 29 heavy (non-hydrogen) atoms. The van der Waals surface area contributed by atoms with Gasteiger partial charge in [-0.25, -0.2) is 0 Å². The zero-order chi connectivity index (χ0) is 20.8. The van der Waals surface area contributed by atoms with Crippen molar-refractivity contribution in [3.05, 3.63) is 34.8 Å². The Hall–Kier alpha value is -2.48. The highest BCUT2D eigenvalue weighted by atomic mass is 32.1. The van der Waals surface area contributed by atoms with Gasteiger partial charge in [0.2, 0.25) is 16.9 Å². The summed E-state index contributed by atoms with van der Waals surface area (Å²) in [6.07, 6.45) is 3.51. The zero-order valence-corrected chi connectivity index (χ0v) is 18.0. The van der Waals surface area contributed by atoms with Crippen LogP contribution in [0.1, 0.15) is 56.1 Å². The highest BCUT2D eigenvalue weighted by molar-refractivity contribution is 7.15. The van der Waals surface area contributed by atoms with Crippen LogP contribution in [0.5, 0.6) is 5.75 Å². The summed E-state index contributed by atoms with van der Waals surface area (Å²) < 4.78 is 5.56. The van der Waals surface area contributed by atoms with Crippen LogP contribution in [-0.4, -0.2) is 40.6 Å². The van der Waals surface area contributed by atoms with Gasteiger partial charge in [0.15, 0.2) is 0 Å². The molecular formula is C21H28N4O3S. The first-order chi connectivity index (χ1) is 14.1. The quantitative estimate of drug-likeness (QED) is 0.707.